The fourth-order valence-electron chi connectivity index (χ4n) is 3.48. The third-order valence-electron chi connectivity index (χ3n) is 4.97. The zero-order valence-corrected chi connectivity index (χ0v) is 13.6. The van der Waals surface area contributed by atoms with E-state index in [0.29, 0.717) is 6.04 Å². The van der Waals surface area contributed by atoms with Crippen molar-refractivity contribution in [1.82, 2.24) is 5.32 Å². The molecule has 2 aromatic carbocycles. The molecule has 22 heavy (non-hydrogen) atoms. The average Bonchev–Trinajstić information content (AvgIpc) is 2.61. The van der Waals surface area contributed by atoms with Crippen molar-refractivity contribution < 1.29 is 0 Å². The van der Waals surface area contributed by atoms with Crippen LogP contribution in [0.5, 0.6) is 0 Å². The van der Waals surface area contributed by atoms with Crippen molar-refractivity contribution in [3.63, 3.8) is 0 Å². The molecule has 0 spiro atoms. The van der Waals surface area contributed by atoms with Crippen molar-refractivity contribution >= 4 is 0 Å². The van der Waals surface area contributed by atoms with Gasteiger partial charge in [0, 0.05) is 12.6 Å². The van der Waals surface area contributed by atoms with Crippen LogP contribution >= 0.6 is 0 Å². The number of hydrogen-bond acceptors (Lipinski definition) is 1. The molecule has 116 valence electrons. The monoisotopic (exact) mass is 293 g/mol. The van der Waals surface area contributed by atoms with Crippen molar-refractivity contribution in [2.75, 3.05) is 0 Å². The Morgan fingerprint density at radius 2 is 1.59 bits per heavy atom. The molecule has 1 N–H and O–H groups in total. The number of hydrogen-bond donors (Lipinski definition) is 1. The minimum absolute atomic E-state index is 0.389. The minimum atomic E-state index is 0.389. The van der Waals surface area contributed by atoms with Crippen LogP contribution in [0.15, 0.2) is 54.6 Å². The van der Waals surface area contributed by atoms with Crippen LogP contribution in [0, 0.1) is 0 Å². The summed E-state index contributed by atoms with van der Waals surface area (Å²) in [6, 6.07) is 20.3. The molecule has 0 aromatic heterocycles. The molecule has 1 saturated carbocycles. The Balaban J connectivity index is 1.57. The van der Waals surface area contributed by atoms with Gasteiger partial charge >= 0.3 is 0 Å². The third-order valence-corrected chi connectivity index (χ3v) is 4.97. The molecule has 1 fully saturated rings. The Labute approximate surface area is 134 Å². The molecule has 0 amide bonds. The largest absolute Gasteiger partial charge is 0.306 e. The van der Waals surface area contributed by atoms with E-state index >= 15 is 0 Å². The zero-order valence-electron chi connectivity index (χ0n) is 13.6. The van der Waals surface area contributed by atoms with Gasteiger partial charge in [0.2, 0.25) is 0 Å². The molecule has 0 aliphatic heterocycles. The first kappa shape index (κ1) is 15.3. The predicted molar refractivity (Wildman–Crippen MR) is 94.0 cm³/mol. The van der Waals surface area contributed by atoms with E-state index in [-0.39, 0.29) is 0 Å². The normalized spacial score (nSPS) is 17.3. The van der Waals surface area contributed by atoms with Gasteiger partial charge in [-0.05, 0) is 42.4 Å². The van der Waals surface area contributed by atoms with Gasteiger partial charge in [0.05, 0.1) is 0 Å². The van der Waals surface area contributed by atoms with Crippen LogP contribution in [-0.4, -0.2) is 0 Å². The smallest absolute Gasteiger partial charge is 0.0294 e. The molecule has 2 aromatic rings. The first-order valence-corrected chi connectivity index (χ1v) is 8.70. The SMILES string of the molecule is C[C@@H](NCc1ccccc1)c1ccc(C2CCCCC2)cc1. The lowest BCUT2D eigenvalue weighted by atomic mass is 9.84. The van der Waals surface area contributed by atoms with Crippen LogP contribution < -0.4 is 5.32 Å². The fourth-order valence-corrected chi connectivity index (χ4v) is 3.48. The standard InChI is InChI=1S/C21H27N/c1-17(22-16-18-8-4-2-5-9-18)19-12-14-21(15-13-19)20-10-6-3-7-11-20/h2,4-5,8-9,12-15,17,20,22H,3,6-7,10-11,16H2,1H3/t17-/m1/s1. The van der Waals surface area contributed by atoms with Gasteiger partial charge in [-0.25, -0.2) is 0 Å². The summed E-state index contributed by atoms with van der Waals surface area (Å²) in [7, 11) is 0. The maximum Gasteiger partial charge on any atom is 0.0294 e. The van der Waals surface area contributed by atoms with E-state index in [1.54, 1.807) is 5.56 Å². The zero-order chi connectivity index (χ0) is 15.2. The summed E-state index contributed by atoms with van der Waals surface area (Å²) >= 11 is 0. The van der Waals surface area contributed by atoms with Crippen LogP contribution in [0.4, 0.5) is 0 Å². The molecular formula is C21H27N. The molecule has 0 unspecified atom stereocenters. The predicted octanol–water partition coefficient (Wildman–Crippen LogP) is 5.59. The maximum atomic E-state index is 3.61. The van der Waals surface area contributed by atoms with E-state index in [4.69, 9.17) is 0 Å². The van der Waals surface area contributed by atoms with Crippen LogP contribution in [0.1, 0.15) is 67.7 Å². The summed E-state index contributed by atoms with van der Waals surface area (Å²) < 4.78 is 0. The molecule has 1 atom stereocenters. The number of rotatable bonds is 5. The van der Waals surface area contributed by atoms with E-state index in [9.17, 15) is 0 Å². The Morgan fingerprint density at radius 3 is 2.27 bits per heavy atom. The molecule has 0 bridgehead atoms. The highest BCUT2D eigenvalue weighted by molar-refractivity contribution is 5.27. The van der Waals surface area contributed by atoms with Crippen LogP contribution in [0.3, 0.4) is 0 Å². The van der Waals surface area contributed by atoms with Crippen molar-refractivity contribution in [2.45, 2.75) is 57.5 Å². The van der Waals surface area contributed by atoms with E-state index < -0.39 is 0 Å². The lowest BCUT2D eigenvalue weighted by Crippen LogP contribution is -2.18. The molecule has 0 heterocycles. The molecule has 1 aliphatic rings. The minimum Gasteiger partial charge on any atom is -0.306 e. The van der Waals surface area contributed by atoms with Gasteiger partial charge in [0.15, 0.2) is 0 Å². The lowest BCUT2D eigenvalue weighted by Gasteiger charge is -2.22. The van der Waals surface area contributed by atoms with Gasteiger partial charge in [-0.3, -0.25) is 0 Å². The Hall–Kier alpha value is -1.60. The van der Waals surface area contributed by atoms with Gasteiger partial charge < -0.3 is 5.32 Å². The summed E-state index contributed by atoms with van der Waals surface area (Å²) in [5, 5.41) is 3.61. The first-order valence-electron chi connectivity index (χ1n) is 8.70. The van der Waals surface area contributed by atoms with Gasteiger partial charge in [-0.2, -0.15) is 0 Å². The van der Waals surface area contributed by atoms with Crippen LogP contribution in [0.2, 0.25) is 0 Å². The quantitative estimate of drug-likeness (QED) is 0.758. The highest BCUT2D eigenvalue weighted by Gasteiger charge is 2.15. The second-order valence-electron chi connectivity index (χ2n) is 6.59. The topological polar surface area (TPSA) is 12.0 Å². The summed E-state index contributed by atoms with van der Waals surface area (Å²) in [6.07, 6.45) is 6.99. The van der Waals surface area contributed by atoms with E-state index in [0.717, 1.165) is 12.5 Å². The molecule has 0 saturated heterocycles. The molecular weight excluding hydrogens is 266 g/mol. The summed E-state index contributed by atoms with van der Waals surface area (Å²) in [4.78, 5) is 0. The van der Waals surface area contributed by atoms with Crippen LogP contribution in [0.25, 0.3) is 0 Å². The summed E-state index contributed by atoms with van der Waals surface area (Å²) in [6.45, 7) is 3.17. The molecule has 1 nitrogen and oxygen atoms in total. The van der Waals surface area contributed by atoms with Gasteiger partial charge in [-0.15, -0.1) is 0 Å². The van der Waals surface area contributed by atoms with E-state index in [1.165, 1.54) is 43.2 Å². The highest BCUT2D eigenvalue weighted by Crippen LogP contribution is 2.32. The van der Waals surface area contributed by atoms with E-state index in [2.05, 4.69) is 66.8 Å². The summed E-state index contributed by atoms with van der Waals surface area (Å²) in [5.74, 6) is 0.801. The Bertz CT molecular complexity index is 552. The molecule has 1 aliphatic carbocycles. The highest BCUT2D eigenvalue weighted by atomic mass is 14.9. The third kappa shape index (κ3) is 3.98. The van der Waals surface area contributed by atoms with Crippen molar-refractivity contribution in [3.8, 4) is 0 Å². The van der Waals surface area contributed by atoms with Crippen molar-refractivity contribution in [1.29, 1.82) is 0 Å². The second kappa shape index (κ2) is 7.60. The number of nitrogens with one attached hydrogen (secondary N) is 1. The Kier molecular flexibility index (Phi) is 5.29. The van der Waals surface area contributed by atoms with Gasteiger partial charge in [-0.1, -0.05) is 73.9 Å². The Morgan fingerprint density at radius 1 is 0.909 bits per heavy atom. The van der Waals surface area contributed by atoms with E-state index in [1.807, 2.05) is 0 Å². The lowest BCUT2D eigenvalue weighted by molar-refractivity contribution is 0.443. The molecule has 1 heteroatoms. The summed E-state index contributed by atoms with van der Waals surface area (Å²) in [5.41, 5.74) is 4.27. The second-order valence-corrected chi connectivity index (χ2v) is 6.59. The van der Waals surface area contributed by atoms with Crippen molar-refractivity contribution in [3.05, 3.63) is 71.3 Å². The van der Waals surface area contributed by atoms with Crippen molar-refractivity contribution in [2.24, 2.45) is 0 Å². The van der Waals surface area contributed by atoms with Gasteiger partial charge in [0.25, 0.3) is 0 Å². The molecule has 0 radical (unpaired) electrons. The maximum absolute atomic E-state index is 3.61. The first-order chi connectivity index (χ1) is 10.8. The average molecular weight is 293 g/mol. The fraction of sp³-hybridized carbons (Fsp3) is 0.429. The van der Waals surface area contributed by atoms with Gasteiger partial charge in [0.1, 0.15) is 0 Å². The molecule has 3 rings (SSSR count). The van der Waals surface area contributed by atoms with Crippen LogP contribution in [-0.2, 0) is 6.54 Å². The number of benzene rings is 2.